The van der Waals surface area contributed by atoms with Crippen LogP contribution in [0, 0.1) is 0 Å². The van der Waals surface area contributed by atoms with Gasteiger partial charge < -0.3 is 9.47 Å². The first-order valence-corrected chi connectivity index (χ1v) is 17.9. The fraction of sp³-hybridized carbons (Fsp3) is 0.500. The maximum absolute atomic E-state index is 6.72. The Hall–Kier alpha value is -1.48. The van der Waals surface area contributed by atoms with Crippen molar-refractivity contribution >= 4 is 65.6 Å². The summed E-state index contributed by atoms with van der Waals surface area (Å²) in [7, 11) is 0. The first-order valence-electron chi connectivity index (χ1n) is 14.7. The van der Waals surface area contributed by atoms with Crippen LogP contribution in [0.4, 0.5) is 0 Å². The summed E-state index contributed by atoms with van der Waals surface area (Å²) in [6, 6.07) is 8.44. The number of fused-ring (bicyclic) bond motifs is 1. The predicted molar refractivity (Wildman–Crippen MR) is 179 cm³/mol. The van der Waals surface area contributed by atoms with E-state index in [1.165, 1.54) is 64.2 Å². The van der Waals surface area contributed by atoms with E-state index in [0.29, 0.717) is 13.2 Å². The Labute approximate surface area is 264 Å². The lowest BCUT2D eigenvalue weighted by atomic mass is 10.0. The van der Waals surface area contributed by atoms with Crippen molar-refractivity contribution in [1.29, 1.82) is 0 Å². The second-order valence-electron chi connectivity index (χ2n) is 10.1. The summed E-state index contributed by atoms with van der Waals surface area (Å²) in [4.78, 5) is 11.9. The lowest BCUT2D eigenvalue weighted by Crippen LogP contribution is -2.07. The van der Waals surface area contributed by atoms with Gasteiger partial charge in [-0.2, -0.15) is 0 Å². The van der Waals surface area contributed by atoms with Gasteiger partial charge in [0.2, 0.25) is 0 Å². The topological polar surface area (TPSA) is 44.2 Å². The van der Waals surface area contributed by atoms with Crippen LogP contribution in [0.5, 0.6) is 11.5 Å². The highest BCUT2D eigenvalue weighted by atomic mass is 79.9. The van der Waals surface area contributed by atoms with Gasteiger partial charge in [0, 0.05) is 22.1 Å². The maximum Gasteiger partial charge on any atom is 0.172 e. The summed E-state index contributed by atoms with van der Waals surface area (Å²) in [5, 5.41) is 0. The van der Waals surface area contributed by atoms with Crippen LogP contribution in [-0.4, -0.2) is 23.2 Å². The molecule has 0 aliphatic rings. The zero-order chi connectivity index (χ0) is 28.2. The summed E-state index contributed by atoms with van der Waals surface area (Å²) >= 11 is 10.7. The fourth-order valence-electron chi connectivity index (χ4n) is 4.89. The minimum atomic E-state index is 0.651. The van der Waals surface area contributed by atoms with Gasteiger partial charge in [0.1, 0.15) is 11.0 Å². The van der Waals surface area contributed by atoms with E-state index in [4.69, 9.17) is 19.4 Å². The van der Waals surface area contributed by atoms with E-state index in [0.717, 1.165) is 63.8 Å². The van der Waals surface area contributed by atoms with E-state index < -0.39 is 0 Å². The van der Waals surface area contributed by atoms with E-state index in [1.807, 2.05) is 0 Å². The molecule has 1 aromatic carbocycles. The van der Waals surface area contributed by atoms with Gasteiger partial charge in [-0.3, -0.25) is 9.97 Å². The summed E-state index contributed by atoms with van der Waals surface area (Å²) < 4.78 is 15.6. The number of benzene rings is 1. The number of unbranched alkanes of at least 4 members (excludes halogenated alkanes) is 10. The molecular formula is C32H40Br2N2O2S2. The van der Waals surface area contributed by atoms with Gasteiger partial charge in [-0.05, 0) is 69.0 Å². The van der Waals surface area contributed by atoms with Crippen LogP contribution < -0.4 is 9.47 Å². The molecule has 0 radical (unpaired) electrons. The molecule has 0 unspecified atom stereocenters. The number of rotatable bonds is 18. The van der Waals surface area contributed by atoms with Crippen molar-refractivity contribution < 1.29 is 9.47 Å². The lowest BCUT2D eigenvalue weighted by molar-refractivity contribution is 0.260. The molecule has 0 spiro atoms. The number of aromatic nitrogens is 2. The Balaban J connectivity index is 1.75. The molecule has 8 heteroatoms. The highest BCUT2D eigenvalue weighted by Crippen LogP contribution is 2.52. The highest BCUT2D eigenvalue weighted by molar-refractivity contribution is 9.11. The van der Waals surface area contributed by atoms with E-state index in [-0.39, 0.29) is 0 Å². The maximum atomic E-state index is 6.72. The molecule has 0 saturated heterocycles. The van der Waals surface area contributed by atoms with Gasteiger partial charge >= 0.3 is 0 Å². The number of halogens is 2. The van der Waals surface area contributed by atoms with Crippen LogP contribution in [0.1, 0.15) is 90.9 Å². The van der Waals surface area contributed by atoms with Crippen LogP contribution in [0.3, 0.4) is 0 Å². The van der Waals surface area contributed by atoms with E-state index in [1.54, 1.807) is 35.1 Å². The number of hydrogen-bond acceptors (Lipinski definition) is 6. The highest BCUT2D eigenvalue weighted by Gasteiger charge is 2.27. The van der Waals surface area contributed by atoms with Crippen molar-refractivity contribution in [2.24, 2.45) is 0 Å². The zero-order valence-corrected chi connectivity index (χ0v) is 28.5. The number of nitrogens with zero attached hydrogens (tertiary/aromatic N) is 2. The third kappa shape index (κ3) is 8.52. The molecule has 0 aliphatic carbocycles. The quantitative estimate of drug-likeness (QED) is 0.0966. The molecule has 216 valence electrons. The van der Waals surface area contributed by atoms with Gasteiger partial charge in [-0.1, -0.05) is 78.1 Å². The molecule has 0 atom stereocenters. The van der Waals surface area contributed by atoms with Crippen LogP contribution >= 0.6 is 54.5 Å². The van der Waals surface area contributed by atoms with Gasteiger partial charge in [-0.25, -0.2) is 0 Å². The first-order chi connectivity index (χ1) is 19.6. The molecular weight excluding hydrogens is 668 g/mol. The molecule has 40 heavy (non-hydrogen) atoms. The van der Waals surface area contributed by atoms with E-state index in [9.17, 15) is 0 Å². The molecule has 4 nitrogen and oxygen atoms in total. The summed E-state index contributed by atoms with van der Waals surface area (Å²) in [6.45, 7) is 5.82. The first kappa shape index (κ1) is 31.5. The third-order valence-corrected chi connectivity index (χ3v) is 10.2. The minimum Gasteiger partial charge on any atom is -0.489 e. The minimum absolute atomic E-state index is 0.651. The molecule has 3 aromatic heterocycles. The lowest BCUT2D eigenvalue weighted by Gasteiger charge is -2.21. The molecule has 0 saturated carbocycles. The average molecular weight is 709 g/mol. The molecule has 4 aromatic rings. The number of ether oxygens (including phenoxy) is 2. The van der Waals surface area contributed by atoms with Gasteiger partial charge in [0.15, 0.2) is 11.5 Å². The van der Waals surface area contributed by atoms with Crippen molar-refractivity contribution in [3.05, 3.63) is 44.2 Å². The van der Waals surface area contributed by atoms with E-state index >= 15 is 0 Å². The standard InChI is InChI=1S/C32H40Br2N2O2S2/c1-3-5-7-9-11-13-21-37-31-27(23-15-17-25(33)39-23)29-30(36-20-19-35-29)28(24-16-18-26(34)40-24)32(31)38-22-14-12-10-8-6-4-2/h15-20H,3-14,21-22H2,1-2H3. The van der Waals surface area contributed by atoms with Crippen molar-refractivity contribution in [2.75, 3.05) is 13.2 Å². The van der Waals surface area contributed by atoms with E-state index in [2.05, 4.69) is 70.0 Å². The fourth-order valence-corrected chi connectivity index (χ4v) is 7.75. The summed E-state index contributed by atoms with van der Waals surface area (Å²) in [5.74, 6) is 1.59. The van der Waals surface area contributed by atoms with Gasteiger partial charge in [0.05, 0.1) is 31.9 Å². The van der Waals surface area contributed by atoms with Crippen molar-refractivity contribution in [1.82, 2.24) is 9.97 Å². The van der Waals surface area contributed by atoms with Crippen LogP contribution in [0.15, 0.2) is 44.2 Å². The molecule has 0 bridgehead atoms. The van der Waals surface area contributed by atoms with Gasteiger partial charge in [0.25, 0.3) is 0 Å². The van der Waals surface area contributed by atoms with Gasteiger partial charge in [-0.15, -0.1) is 22.7 Å². The van der Waals surface area contributed by atoms with Crippen molar-refractivity contribution in [3.8, 4) is 32.4 Å². The molecule has 0 fully saturated rings. The normalized spacial score (nSPS) is 11.4. The molecule has 0 aliphatic heterocycles. The second kappa shape index (κ2) is 16.8. The third-order valence-electron chi connectivity index (χ3n) is 6.96. The number of thiophene rings is 2. The zero-order valence-electron chi connectivity index (χ0n) is 23.6. The van der Waals surface area contributed by atoms with Crippen molar-refractivity contribution in [3.63, 3.8) is 0 Å². The molecule has 3 heterocycles. The molecule has 0 N–H and O–H groups in total. The Morgan fingerprint density at radius 2 is 0.975 bits per heavy atom. The largest absolute Gasteiger partial charge is 0.489 e. The summed E-state index contributed by atoms with van der Waals surface area (Å²) in [5.41, 5.74) is 3.65. The average Bonchev–Trinajstić information content (AvgIpc) is 3.59. The molecule has 4 rings (SSSR count). The SMILES string of the molecule is CCCCCCCCOc1c(OCCCCCCCC)c(-c2ccc(Br)s2)c2nccnc2c1-c1ccc(Br)s1. The Morgan fingerprint density at radius 3 is 1.35 bits per heavy atom. The Kier molecular flexibility index (Phi) is 13.2. The second-order valence-corrected chi connectivity index (χ2v) is 15.0. The van der Waals surface area contributed by atoms with Crippen LogP contribution in [-0.2, 0) is 0 Å². The van der Waals surface area contributed by atoms with Crippen molar-refractivity contribution in [2.45, 2.75) is 90.9 Å². The van der Waals surface area contributed by atoms with Crippen LogP contribution in [0.25, 0.3) is 31.9 Å². The monoisotopic (exact) mass is 706 g/mol. The summed E-state index contributed by atoms with van der Waals surface area (Å²) in [6.07, 6.45) is 18.1. The predicted octanol–water partition coefficient (Wildman–Crippen LogP) is 12.1. The van der Waals surface area contributed by atoms with Crippen LogP contribution in [0.2, 0.25) is 0 Å². The smallest absolute Gasteiger partial charge is 0.172 e. The Morgan fingerprint density at radius 1 is 0.575 bits per heavy atom. The Bertz CT molecular complexity index is 1240. The molecule has 0 amide bonds. The number of hydrogen-bond donors (Lipinski definition) is 0.